The number of carbonyl (C=O) groups is 1. The minimum Gasteiger partial charge on any atom is -0.408 e. The molecular weight excluding hydrogens is 304 g/mol. The van der Waals surface area contributed by atoms with E-state index in [1.54, 1.807) is 6.07 Å². The maximum absolute atomic E-state index is 12.6. The van der Waals surface area contributed by atoms with Crippen LogP contribution in [0.1, 0.15) is 32.1 Å². The number of fused-ring (bicyclic) bond motifs is 1. The SMILES string of the molecule is O=C(Cn1c(=O)oc2ccccc21)NC1C2CC3CC(C2)CC1C3. The molecule has 1 heterocycles. The van der Waals surface area contributed by atoms with Gasteiger partial charge in [0.15, 0.2) is 5.58 Å². The maximum Gasteiger partial charge on any atom is 0.420 e. The Morgan fingerprint density at radius 1 is 1.08 bits per heavy atom. The van der Waals surface area contributed by atoms with Crippen molar-refractivity contribution in [1.82, 2.24) is 9.88 Å². The first-order valence-corrected chi connectivity index (χ1v) is 9.05. The van der Waals surface area contributed by atoms with Gasteiger partial charge in [0.05, 0.1) is 5.52 Å². The second kappa shape index (κ2) is 5.23. The minimum absolute atomic E-state index is 0.0403. The second-order valence-electron chi connectivity index (χ2n) is 7.95. The van der Waals surface area contributed by atoms with E-state index in [1.165, 1.54) is 36.7 Å². The molecule has 5 heteroatoms. The van der Waals surface area contributed by atoms with Crippen molar-refractivity contribution in [1.29, 1.82) is 0 Å². The molecule has 4 saturated carbocycles. The molecule has 4 bridgehead atoms. The molecule has 0 saturated heterocycles. The summed E-state index contributed by atoms with van der Waals surface area (Å²) in [6, 6.07) is 7.55. The first kappa shape index (κ1) is 14.3. The molecule has 5 nitrogen and oxygen atoms in total. The molecular formula is C19H22N2O3. The van der Waals surface area contributed by atoms with Crippen LogP contribution in [0.2, 0.25) is 0 Å². The van der Waals surface area contributed by atoms with Crippen LogP contribution in [-0.4, -0.2) is 16.5 Å². The Kier molecular flexibility index (Phi) is 3.12. The normalized spacial score (nSPS) is 33.9. The number of rotatable bonds is 3. The van der Waals surface area contributed by atoms with Gasteiger partial charge in [0.25, 0.3) is 0 Å². The van der Waals surface area contributed by atoms with Gasteiger partial charge in [-0.25, -0.2) is 4.79 Å². The molecule has 6 rings (SSSR count). The monoisotopic (exact) mass is 326 g/mol. The zero-order valence-corrected chi connectivity index (χ0v) is 13.6. The lowest BCUT2D eigenvalue weighted by Gasteiger charge is -2.54. The first-order valence-electron chi connectivity index (χ1n) is 9.05. The summed E-state index contributed by atoms with van der Waals surface area (Å²) in [5.74, 6) is 2.53. The Labute approximate surface area is 140 Å². The van der Waals surface area contributed by atoms with Gasteiger partial charge in [0.1, 0.15) is 6.54 Å². The number of hydrogen-bond donors (Lipinski definition) is 1. The van der Waals surface area contributed by atoms with Crippen molar-refractivity contribution in [3.8, 4) is 0 Å². The van der Waals surface area contributed by atoms with Gasteiger partial charge < -0.3 is 9.73 Å². The summed E-state index contributed by atoms with van der Waals surface area (Å²) in [4.78, 5) is 24.6. The molecule has 2 aromatic rings. The lowest BCUT2D eigenvalue weighted by molar-refractivity contribution is -0.125. The van der Waals surface area contributed by atoms with Gasteiger partial charge in [-0.1, -0.05) is 12.1 Å². The predicted octanol–water partition coefficient (Wildman–Crippen LogP) is 2.54. The van der Waals surface area contributed by atoms with Crippen molar-refractivity contribution in [2.24, 2.45) is 23.7 Å². The molecule has 1 aromatic heterocycles. The van der Waals surface area contributed by atoms with E-state index in [0.29, 0.717) is 29.0 Å². The van der Waals surface area contributed by atoms with Crippen molar-refractivity contribution < 1.29 is 9.21 Å². The molecule has 1 amide bonds. The average Bonchev–Trinajstić information content (AvgIpc) is 2.86. The lowest BCUT2D eigenvalue weighted by atomic mass is 9.54. The summed E-state index contributed by atoms with van der Waals surface area (Å²) in [6.07, 6.45) is 6.49. The zero-order valence-electron chi connectivity index (χ0n) is 13.6. The van der Waals surface area contributed by atoms with Crippen molar-refractivity contribution in [2.45, 2.75) is 44.7 Å². The van der Waals surface area contributed by atoms with E-state index in [4.69, 9.17) is 4.42 Å². The van der Waals surface area contributed by atoms with E-state index in [2.05, 4.69) is 5.32 Å². The Hall–Kier alpha value is -2.04. The molecule has 0 atom stereocenters. The molecule has 24 heavy (non-hydrogen) atoms. The Bertz CT molecular complexity index is 822. The molecule has 1 aromatic carbocycles. The van der Waals surface area contributed by atoms with Crippen LogP contribution in [0.25, 0.3) is 11.1 Å². The fourth-order valence-corrected chi connectivity index (χ4v) is 5.70. The van der Waals surface area contributed by atoms with Crippen LogP contribution in [0, 0.1) is 23.7 Å². The van der Waals surface area contributed by atoms with Crippen molar-refractivity contribution >= 4 is 17.0 Å². The second-order valence-corrected chi connectivity index (χ2v) is 7.95. The van der Waals surface area contributed by atoms with E-state index in [-0.39, 0.29) is 12.5 Å². The van der Waals surface area contributed by atoms with E-state index in [1.807, 2.05) is 18.2 Å². The number of nitrogens with one attached hydrogen (secondary N) is 1. The molecule has 1 N–H and O–H groups in total. The number of nitrogens with zero attached hydrogens (tertiary/aromatic N) is 1. The van der Waals surface area contributed by atoms with Crippen LogP contribution in [0.15, 0.2) is 33.5 Å². The van der Waals surface area contributed by atoms with E-state index >= 15 is 0 Å². The van der Waals surface area contributed by atoms with Crippen LogP contribution in [0.3, 0.4) is 0 Å². The standard InChI is InChI=1S/C19H22N2O3/c22-17(10-21-15-3-1-2-4-16(15)24-19(21)23)20-18-13-6-11-5-12(8-13)9-14(18)7-11/h1-4,11-14,18H,5-10H2,(H,20,22). The number of hydrogen-bond acceptors (Lipinski definition) is 3. The molecule has 4 aliphatic rings. The number of benzene rings is 1. The number of oxazole rings is 1. The molecule has 0 aliphatic heterocycles. The lowest BCUT2D eigenvalue weighted by Crippen LogP contribution is -2.56. The molecule has 0 radical (unpaired) electrons. The number of amides is 1. The topological polar surface area (TPSA) is 64.2 Å². The fraction of sp³-hybridized carbons (Fsp3) is 0.579. The number of para-hydroxylation sites is 2. The molecule has 0 unspecified atom stereocenters. The van der Waals surface area contributed by atoms with E-state index in [0.717, 1.165) is 11.8 Å². The summed E-state index contributed by atoms with van der Waals surface area (Å²) in [7, 11) is 0. The smallest absolute Gasteiger partial charge is 0.408 e. The zero-order chi connectivity index (χ0) is 16.3. The van der Waals surface area contributed by atoms with Gasteiger partial charge in [0, 0.05) is 6.04 Å². The highest BCUT2D eigenvalue weighted by atomic mass is 16.4. The quantitative estimate of drug-likeness (QED) is 0.943. The summed E-state index contributed by atoms with van der Waals surface area (Å²) >= 11 is 0. The van der Waals surface area contributed by atoms with Crippen LogP contribution < -0.4 is 11.1 Å². The first-order chi connectivity index (χ1) is 11.7. The van der Waals surface area contributed by atoms with Crippen LogP contribution >= 0.6 is 0 Å². The van der Waals surface area contributed by atoms with Crippen molar-refractivity contribution in [2.75, 3.05) is 0 Å². The molecule has 0 spiro atoms. The van der Waals surface area contributed by atoms with Gasteiger partial charge in [-0.05, 0) is 67.9 Å². The predicted molar refractivity (Wildman–Crippen MR) is 89.4 cm³/mol. The molecule has 4 aliphatic carbocycles. The number of carbonyl (C=O) groups excluding carboxylic acids is 1. The van der Waals surface area contributed by atoms with E-state index in [9.17, 15) is 9.59 Å². The van der Waals surface area contributed by atoms with Crippen LogP contribution in [0.4, 0.5) is 0 Å². The Balaban J connectivity index is 1.34. The summed E-state index contributed by atoms with van der Waals surface area (Å²) in [5, 5.41) is 3.25. The fourth-order valence-electron chi connectivity index (χ4n) is 5.70. The van der Waals surface area contributed by atoms with E-state index < -0.39 is 5.76 Å². The Morgan fingerprint density at radius 2 is 1.75 bits per heavy atom. The summed E-state index contributed by atoms with van der Waals surface area (Å²) in [5.41, 5.74) is 1.22. The van der Waals surface area contributed by atoms with Gasteiger partial charge in [-0.2, -0.15) is 0 Å². The van der Waals surface area contributed by atoms with Crippen LogP contribution in [-0.2, 0) is 11.3 Å². The van der Waals surface area contributed by atoms with Crippen molar-refractivity contribution in [3.63, 3.8) is 0 Å². The third kappa shape index (κ3) is 2.21. The largest absolute Gasteiger partial charge is 0.420 e. The van der Waals surface area contributed by atoms with Crippen LogP contribution in [0.5, 0.6) is 0 Å². The summed E-state index contributed by atoms with van der Waals surface area (Å²) in [6.45, 7) is 0.0403. The Morgan fingerprint density at radius 3 is 2.46 bits per heavy atom. The van der Waals surface area contributed by atoms with Gasteiger partial charge >= 0.3 is 5.76 Å². The van der Waals surface area contributed by atoms with Gasteiger partial charge in [-0.3, -0.25) is 9.36 Å². The number of aromatic nitrogens is 1. The summed E-state index contributed by atoms with van der Waals surface area (Å²) < 4.78 is 6.64. The highest BCUT2D eigenvalue weighted by Crippen LogP contribution is 2.53. The highest BCUT2D eigenvalue weighted by molar-refractivity contribution is 5.79. The molecule has 4 fully saturated rings. The maximum atomic E-state index is 12.6. The molecule has 126 valence electrons. The van der Waals surface area contributed by atoms with Gasteiger partial charge in [0.2, 0.25) is 5.91 Å². The minimum atomic E-state index is -0.462. The third-order valence-corrected chi connectivity index (χ3v) is 6.43. The van der Waals surface area contributed by atoms with Crippen molar-refractivity contribution in [3.05, 3.63) is 34.8 Å². The van der Waals surface area contributed by atoms with Gasteiger partial charge in [-0.15, -0.1) is 0 Å². The third-order valence-electron chi connectivity index (χ3n) is 6.43. The average molecular weight is 326 g/mol. The highest BCUT2D eigenvalue weighted by Gasteiger charge is 2.48.